The van der Waals surface area contributed by atoms with Crippen molar-refractivity contribution in [1.29, 1.82) is 0 Å². The summed E-state index contributed by atoms with van der Waals surface area (Å²) in [6, 6.07) is 6.84. The number of hydrogen-bond donors (Lipinski definition) is 1. The van der Waals surface area contributed by atoms with Gasteiger partial charge in [0.1, 0.15) is 0 Å². The zero-order valence-electron chi connectivity index (χ0n) is 13.7. The summed E-state index contributed by atoms with van der Waals surface area (Å²) in [4.78, 5) is 2.56. The summed E-state index contributed by atoms with van der Waals surface area (Å²) in [6.07, 6.45) is 5.31. The molecule has 0 aliphatic carbocycles. The van der Waals surface area contributed by atoms with Crippen LogP contribution in [-0.2, 0) is 6.54 Å². The third-order valence-electron chi connectivity index (χ3n) is 4.51. The molecule has 21 heavy (non-hydrogen) atoms. The molecule has 2 rings (SSSR count). The zero-order chi connectivity index (χ0) is 15.2. The van der Waals surface area contributed by atoms with E-state index in [-0.39, 0.29) is 0 Å². The zero-order valence-corrected chi connectivity index (χ0v) is 14.4. The summed E-state index contributed by atoms with van der Waals surface area (Å²) in [7, 11) is 0. The Kier molecular flexibility index (Phi) is 6.38. The molecule has 1 N–H and O–H groups in total. The third-order valence-corrected chi connectivity index (χ3v) is 4.74. The molecule has 0 aromatic heterocycles. The predicted molar refractivity (Wildman–Crippen MR) is 93.3 cm³/mol. The molecule has 1 saturated heterocycles. The van der Waals surface area contributed by atoms with Crippen molar-refractivity contribution in [3.8, 4) is 0 Å². The molecule has 0 radical (unpaired) electrons. The SMILES string of the molecule is CCC1CCCN(c2ccc(Cl)cc2CNC(C)C)CC1. The lowest BCUT2D eigenvalue weighted by atomic mass is 9.98. The molecule has 1 aromatic rings. The Morgan fingerprint density at radius 1 is 1.29 bits per heavy atom. The van der Waals surface area contributed by atoms with Crippen LogP contribution in [0.25, 0.3) is 0 Å². The number of hydrogen-bond acceptors (Lipinski definition) is 2. The van der Waals surface area contributed by atoms with E-state index in [0.29, 0.717) is 6.04 Å². The molecule has 1 aliphatic heterocycles. The van der Waals surface area contributed by atoms with E-state index in [9.17, 15) is 0 Å². The number of anilines is 1. The van der Waals surface area contributed by atoms with Crippen molar-refractivity contribution < 1.29 is 0 Å². The van der Waals surface area contributed by atoms with Crippen molar-refractivity contribution >= 4 is 17.3 Å². The second kappa shape index (κ2) is 8.05. The quantitative estimate of drug-likeness (QED) is 0.836. The standard InChI is InChI=1S/C18H29ClN2/c1-4-15-6-5-10-21(11-9-15)18-8-7-17(19)12-16(18)13-20-14(2)3/h7-8,12,14-15,20H,4-6,9-11,13H2,1-3H3. The van der Waals surface area contributed by atoms with E-state index in [2.05, 4.69) is 43.1 Å². The van der Waals surface area contributed by atoms with E-state index >= 15 is 0 Å². The summed E-state index contributed by atoms with van der Waals surface area (Å²) in [6.45, 7) is 9.92. The normalized spacial score (nSPS) is 19.9. The lowest BCUT2D eigenvalue weighted by Gasteiger charge is -2.26. The van der Waals surface area contributed by atoms with E-state index < -0.39 is 0 Å². The first-order valence-corrected chi connectivity index (χ1v) is 8.74. The van der Waals surface area contributed by atoms with Crippen molar-refractivity contribution in [1.82, 2.24) is 5.32 Å². The fourth-order valence-electron chi connectivity index (χ4n) is 3.13. The Morgan fingerprint density at radius 3 is 2.81 bits per heavy atom. The smallest absolute Gasteiger partial charge is 0.0412 e. The van der Waals surface area contributed by atoms with Gasteiger partial charge in [0.15, 0.2) is 0 Å². The average molecular weight is 309 g/mol. The molecule has 0 saturated carbocycles. The van der Waals surface area contributed by atoms with Gasteiger partial charge in [0.2, 0.25) is 0 Å². The highest BCUT2D eigenvalue weighted by Crippen LogP contribution is 2.29. The molecule has 118 valence electrons. The number of halogens is 1. The summed E-state index contributed by atoms with van der Waals surface area (Å²) in [5.74, 6) is 0.902. The predicted octanol–water partition coefficient (Wildman–Crippen LogP) is 4.85. The van der Waals surface area contributed by atoms with Crippen LogP contribution in [0.5, 0.6) is 0 Å². The molecule has 1 aromatic carbocycles. The molecule has 1 atom stereocenters. The second-order valence-electron chi connectivity index (χ2n) is 6.50. The topological polar surface area (TPSA) is 15.3 Å². The average Bonchev–Trinajstić information content (AvgIpc) is 2.70. The maximum atomic E-state index is 6.20. The monoisotopic (exact) mass is 308 g/mol. The summed E-state index contributed by atoms with van der Waals surface area (Å²) in [5, 5.41) is 4.35. The van der Waals surface area contributed by atoms with Crippen LogP contribution in [0.1, 0.15) is 52.0 Å². The van der Waals surface area contributed by atoms with Crippen LogP contribution in [0, 0.1) is 5.92 Å². The lowest BCUT2D eigenvalue weighted by Crippen LogP contribution is -2.28. The minimum atomic E-state index is 0.491. The van der Waals surface area contributed by atoms with E-state index in [1.807, 2.05) is 6.07 Å². The van der Waals surface area contributed by atoms with Crippen LogP contribution in [0.2, 0.25) is 5.02 Å². The van der Waals surface area contributed by atoms with E-state index in [1.54, 1.807) is 0 Å². The van der Waals surface area contributed by atoms with Gasteiger partial charge in [0.25, 0.3) is 0 Å². The molecular formula is C18H29ClN2. The Hall–Kier alpha value is -0.730. The van der Waals surface area contributed by atoms with Crippen molar-refractivity contribution in [3.05, 3.63) is 28.8 Å². The molecule has 1 fully saturated rings. The summed E-state index contributed by atoms with van der Waals surface area (Å²) < 4.78 is 0. The molecule has 3 heteroatoms. The fourth-order valence-corrected chi connectivity index (χ4v) is 3.33. The molecular weight excluding hydrogens is 280 g/mol. The summed E-state index contributed by atoms with van der Waals surface area (Å²) >= 11 is 6.20. The molecule has 0 spiro atoms. The molecule has 1 unspecified atom stereocenters. The fraction of sp³-hybridized carbons (Fsp3) is 0.667. The van der Waals surface area contributed by atoms with Gasteiger partial charge in [-0.25, -0.2) is 0 Å². The van der Waals surface area contributed by atoms with Crippen molar-refractivity contribution in [3.63, 3.8) is 0 Å². The maximum Gasteiger partial charge on any atom is 0.0412 e. The maximum absolute atomic E-state index is 6.20. The van der Waals surface area contributed by atoms with Gasteiger partial charge in [-0.05, 0) is 48.9 Å². The number of benzene rings is 1. The first-order valence-electron chi connectivity index (χ1n) is 8.37. The molecule has 0 bridgehead atoms. The van der Waals surface area contributed by atoms with Gasteiger partial charge in [-0.2, -0.15) is 0 Å². The minimum Gasteiger partial charge on any atom is -0.371 e. The number of nitrogens with zero attached hydrogens (tertiary/aromatic N) is 1. The molecule has 1 heterocycles. The van der Waals surface area contributed by atoms with Gasteiger partial charge in [-0.1, -0.05) is 38.8 Å². The highest BCUT2D eigenvalue weighted by Gasteiger charge is 2.18. The molecule has 1 aliphatic rings. The van der Waals surface area contributed by atoms with Gasteiger partial charge in [0.05, 0.1) is 0 Å². The summed E-state index contributed by atoms with van der Waals surface area (Å²) in [5.41, 5.74) is 2.69. The first-order chi connectivity index (χ1) is 10.1. The van der Waals surface area contributed by atoms with Crippen LogP contribution in [0.3, 0.4) is 0 Å². The van der Waals surface area contributed by atoms with Crippen LogP contribution < -0.4 is 10.2 Å². The Balaban J connectivity index is 2.13. The van der Waals surface area contributed by atoms with Gasteiger partial charge in [-0.15, -0.1) is 0 Å². The largest absolute Gasteiger partial charge is 0.371 e. The van der Waals surface area contributed by atoms with E-state index in [1.165, 1.54) is 50.0 Å². The Bertz CT molecular complexity index is 445. The molecule has 0 amide bonds. The number of rotatable bonds is 5. The Morgan fingerprint density at radius 2 is 2.10 bits per heavy atom. The van der Waals surface area contributed by atoms with Crippen LogP contribution in [0.4, 0.5) is 5.69 Å². The van der Waals surface area contributed by atoms with Gasteiger partial charge in [0, 0.05) is 36.4 Å². The highest BCUT2D eigenvalue weighted by molar-refractivity contribution is 6.30. The number of nitrogens with one attached hydrogen (secondary N) is 1. The second-order valence-corrected chi connectivity index (χ2v) is 6.94. The van der Waals surface area contributed by atoms with Crippen LogP contribution >= 0.6 is 11.6 Å². The van der Waals surface area contributed by atoms with Crippen molar-refractivity contribution in [2.75, 3.05) is 18.0 Å². The van der Waals surface area contributed by atoms with Gasteiger partial charge in [-0.3, -0.25) is 0 Å². The van der Waals surface area contributed by atoms with Crippen LogP contribution in [0.15, 0.2) is 18.2 Å². The van der Waals surface area contributed by atoms with Crippen molar-refractivity contribution in [2.45, 2.75) is 59.0 Å². The molecule has 2 nitrogen and oxygen atoms in total. The van der Waals surface area contributed by atoms with Crippen molar-refractivity contribution in [2.24, 2.45) is 5.92 Å². The minimum absolute atomic E-state index is 0.491. The highest BCUT2D eigenvalue weighted by atomic mass is 35.5. The van der Waals surface area contributed by atoms with E-state index in [0.717, 1.165) is 17.5 Å². The first kappa shape index (κ1) is 16.6. The van der Waals surface area contributed by atoms with Crippen LogP contribution in [-0.4, -0.2) is 19.1 Å². The third kappa shape index (κ3) is 4.89. The van der Waals surface area contributed by atoms with E-state index in [4.69, 9.17) is 11.6 Å². The Labute approximate surface area is 134 Å². The van der Waals surface area contributed by atoms with Gasteiger partial charge >= 0.3 is 0 Å². The van der Waals surface area contributed by atoms with Gasteiger partial charge < -0.3 is 10.2 Å². The lowest BCUT2D eigenvalue weighted by molar-refractivity contribution is 0.459.